The number of nitrogens with one attached hydrogen (secondary N) is 2. The first-order chi connectivity index (χ1) is 9.48. The molecule has 110 valence electrons. The molecule has 0 spiro atoms. The van der Waals surface area contributed by atoms with Crippen LogP contribution in [-0.4, -0.2) is 32.5 Å². The van der Waals surface area contributed by atoms with Gasteiger partial charge in [0, 0.05) is 17.7 Å². The minimum absolute atomic E-state index is 0.0935. The average molecular weight is 299 g/mol. The van der Waals surface area contributed by atoms with E-state index in [1.807, 2.05) is 0 Å². The number of hydrogen-bond acceptors (Lipinski definition) is 5. The molecule has 2 rings (SSSR count). The van der Waals surface area contributed by atoms with E-state index in [0.29, 0.717) is 0 Å². The van der Waals surface area contributed by atoms with Gasteiger partial charge in [-0.2, -0.15) is 0 Å². The minimum atomic E-state index is -3.57. The molecule has 0 aromatic heterocycles. The smallest absolute Gasteiger partial charge is 0.273 e. The maximum absolute atomic E-state index is 12.1. The van der Waals surface area contributed by atoms with Crippen LogP contribution in [0, 0.1) is 10.1 Å². The van der Waals surface area contributed by atoms with Gasteiger partial charge in [0.2, 0.25) is 10.0 Å². The molecule has 7 nitrogen and oxygen atoms in total. The Kier molecular flexibility index (Phi) is 4.69. The fourth-order valence-electron chi connectivity index (χ4n) is 2.25. The number of nitro benzene ring substituents is 1. The Morgan fingerprint density at radius 1 is 1.30 bits per heavy atom. The van der Waals surface area contributed by atoms with Gasteiger partial charge >= 0.3 is 0 Å². The number of nitro groups is 1. The molecule has 1 fully saturated rings. The second kappa shape index (κ2) is 6.29. The molecule has 0 radical (unpaired) electrons. The Labute approximate surface area is 117 Å². The van der Waals surface area contributed by atoms with Gasteiger partial charge in [0.15, 0.2) is 0 Å². The highest BCUT2D eigenvalue weighted by atomic mass is 32.2. The highest BCUT2D eigenvalue weighted by Crippen LogP contribution is 2.20. The van der Waals surface area contributed by atoms with Gasteiger partial charge < -0.3 is 5.32 Å². The van der Waals surface area contributed by atoms with E-state index < -0.39 is 14.9 Å². The molecule has 8 heteroatoms. The first-order valence-electron chi connectivity index (χ1n) is 6.41. The number of piperidine rings is 1. The summed E-state index contributed by atoms with van der Waals surface area (Å²) in [6.45, 7) is 1.55. The van der Waals surface area contributed by atoms with E-state index in [1.54, 1.807) is 6.07 Å². The normalized spacial score (nSPS) is 17.0. The molecule has 2 N–H and O–H groups in total. The molecular formula is C12H17N3O4S. The summed E-state index contributed by atoms with van der Waals surface area (Å²) < 4.78 is 26.8. The lowest BCUT2D eigenvalue weighted by Crippen LogP contribution is -2.43. The first kappa shape index (κ1) is 14.9. The summed E-state index contributed by atoms with van der Waals surface area (Å²) in [4.78, 5) is 10.3. The molecule has 1 aliphatic rings. The highest BCUT2D eigenvalue weighted by Gasteiger charge is 2.23. The molecule has 1 aromatic carbocycles. The van der Waals surface area contributed by atoms with Crippen molar-refractivity contribution in [2.45, 2.75) is 24.6 Å². The standard InChI is InChI=1S/C12H17N3O4S/c16-15(17)12-4-2-1-3-10(12)9-20(18,19)14-11-5-7-13-8-6-11/h1-4,11,13-14H,5-9H2. The van der Waals surface area contributed by atoms with Crippen LogP contribution < -0.4 is 10.0 Å². The van der Waals surface area contributed by atoms with Gasteiger partial charge in [-0.25, -0.2) is 13.1 Å². The predicted molar refractivity (Wildman–Crippen MR) is 74.7 cm³/mol. The van der Waals surface area contributed by atoms with E-state index in [9.17, 15) is 18.5 Å². The first-order valence-corrected chi connectivity index (χ1v) is 8.06. The van der Waals surface area contributed by atoms with Crippen LogP contribution >= 0.6 is 0 Å². The number of sulfonamides is 1. The van der Waals surface area contributed by atoms with Crippen molar-refractivity contribution < 1.29 is 13.3 Å². The van der Waals surface area contributed by atoms with Gasteiger partial charge in [-0.15, -0.1) is 0 Å². The molecule has 0 amide bonds. The molecule has 1 heterocycles. The summed E-state index contributed by atoms with van der Waals surface area (Å²) in [5.41, 5.74) is 0.0436. The Balaban J connectivity index is 2.10. The lowest BCUT2D eigenvalue weighted by molar-refractivity contribution is -0.385. The number of rotatable bonds is 5. The molecule has 1 saturated heterocycles. The monoisotopic (exact) mass is 299 g/mol. The maximum atomic E-state index is 12.1. The molecule has 0 bridgehead atoms. The number of benzene rings is 1. The minimum Gasteiger partial charge on any atom is -0.317 e. The summed E-state index contributed by atoms with van der Waals surface area (Å²) in [5.74, 6) is -0.367. The summed E-state index contributed by atoms with van der Waals surface area (Å²) in [6.07, 6.45) is 1.46. The van der Waals surface area contributed by atoms with Gasteiger partial charge in [0.1, 0.15) is 0 Å². The molecule has 0 aliphatic carbocycles. The van der Waals surface area contributed by atoms with Gasteiger partial charge in [-0.05, 0) is 25.9 Å². The summed E-state index contributed by atoms with van der Waals surface area (Å²) in [5, 5.41) is 14.0. The molecule has 1 aliphatic heterocycles. The second-order valence-corrected chi connectivity index (χ2v) is 6.54. The van der Waals surface area contributed by atoms with Crippen molar-refractivity contribution in [3.8, 4) is 0 Å². The van der Waals surface area contributed by atoms with Crippen LogP contribution in [0.15, 0.2) is 24.3 Å². The third-order valence-electron chi connectivity index (χ3n) is 3.22. The van der Waals surface area contributed by atoms with Gasteiger partial charge in [0.25, 0.3) is 5.69 Å². The van der Waals surface area contributed by atoms with E-state index >= 15 is 0 Å². The van der Waals surface area contributed by atoms with Crippen molar-refractivity contribution in [3.63, 3.8) is 0 Å². The summed E-state index contributed by atoms with van der Waals surface area (Å²) in [6, 6.07) is 5.82. The topological polar surface area (TPSA) is 101 Å². The second-order valence-electron chi connectivity index (χ2n) is 4.79. The number of hydrogen-bond donors (Lipinski definition) is 2. The van der Waals surface area contributed by atoms with Crippen LogP contribution in [0.25, 0.3) is 0 Å². The van der Waals surface area contributed by atoms with Crippen molar-refractivity contribution in [3.05, 3.63) is 39.9 Å². The van der Waals surface area contributed by atoms with E-state index in [-0.39, 0.29) is 23.0 Å². The predicted octanol–water partition coefficient (Wildman–Crippen LogP) is 0.766. The fourth-order valence-corrected chi connectivity index (χ4v) is 3.73. The molecule has 0 saturated carbocycles. The van der Waals surface area contributed by atoms with Crippen LogP contribution in [0.1, 0.15) is 18.4 Å². The summed E-state index contributed by atoms with van der Waals surface area (Å²) >= 11 is 0. The van der Waals surface area contributed by atoms with E-state index in [1.165, 1.54) is 18.2 Å². The van der Waals surface area contributed by atoms with Crippen molar-refractivity contribution in [2.75, 3.05) is 13.1 Å². The average Bonchev–Trinajstić information content (AvgIpc) is 2.39. The van der Waals surface area contributed by atoms with Crippen molar-refractivity contribution in [1.29, 1.82) is 0 Å². The quantitative estimate of drug-likeness (QED) is 0.617. The van der Waals surface area contributed by atoms with Crippen LogP contribution in [0.2, 0.25) is 0 Å². The number of para-hydroxylation sites is 1. The lowest BCUT2D eigenvalue weighted by Gasteiger charge is -2.23. The van der Waals surface area contributed by atoms with E-state index in [0.717, 1.165) is 25.9 Å². The van der Waals surface area contributed by atoms with Gasteiger partial charge in [-0.3, -0.25) is 10.1 Å². The van der Waals surface area contributed by atoms with Crippen molar-refractivity contribution >= 4 is 15.7 Å². The van der Waals surface area contributed by atoms with Gasteiger partial charge in [0.05, 0.1) is 10.7 Å². The molecule has 20 heavy (non-hydrogen) atoms. The number of nitrogens with zero attached hydrogens (tertiary/aromatic N) is 1. The Bertz CT molecular complexity index is 582. The fraction of sp³-hybridized carbons (Fsp3) is 0.500. The highest BCUT2D eigenvalue weighted by molar-refractivity contribution is 7.88. The molecule has 0 atom stereocenters. The third kappa shape index (κ3) is 3.99. The zero-order valence-electron chi connectivity index (χ0n) is 10.9. The van der Waals surface area contributed by atoms with E-state index in [4.69, 9.17) is 0 Å². The van der Waals surface area contributed by atoms with Crippen molar-refractivity contribution in [1.82, 2.24) is 10.0 Å². The Hall–Kier alpha value is -1.51. The molecule has 1 aromatic rings. The Morgan fingerprint density at radius 2 is 1.95 bits per heavy atom. The third-order valence-corrected chi connectivity index (χ3v) is 4.60. The zero-order valence-corrected chi connectivity index (χ0v) is 11.7. The SMILES string of the molecule is O=[N+]([O-])c1ccccc1CS(=O)(=O)NC1CCNCC1. The lowest BCUT2D eigenvalue weighted by atomic mass is 10.1. The zero-order chi connectivity index (χ0) is 14.6. The van der Waals surface area contributed by atoms with Crippen LogP contribution in [-0.2, 0) is 15.8 Å². The van der Waals surface area contributed by atoms with E-state index in [2.05, 4.69) is 10.0 Å². The summed E-state index contributed by atoms with van der Waals surface area (Å²) in [7, 11) is -3.57. The van der Waals surface area contributed by atoms with Crippen LogP contribution in [0.4, 0.5) is 5.69 Å². The van der Waals surface area contributed by atoms with Crippen LogP contribution in [0.5, 0.6) is 0 Å². The largest absolute Gasteiger partial charge is 0.317 e. The molecular weight excluding hydrogens is 282 g/mol. The maximum Gasteiger partial charge on any atom is 0.273 e. The van der Waals surface area contributed by atoms with Gasteiger partial charge in [-0.1, -0.05) is 18.2 Å². The van der Waals surface area contributed by atoms with Crippen LogP contribution in [0.3, 0.4) is 0 Å². The molecule has 0 unspecified atom stereocenters. The Morgan fingerprint density at radius 3 is 2.60 bits per heavy atom. The van der Waals surface area contributed by atoms with Crippen molar-refractivity contribution in [2.24, 2.45) is 0 Å².